The van der Waals surface area contributed by atoms with Crippen molar-refractivity contribution in [2.24, 2.45) is 0 Å². The number of hydrogen-bond donors (Lipinski definition) is 1. The predicted molar refractivity (Wildman–Crippen MR) is 69.1 cm³/mol. The van der Waals surface area contributed by atoms with Gasteiger partial charge < -0.3 is 9.74 Å². The first-order valence-electron chi connectivity index (χ1n) is 6.40. The van der Waals surface area contributed by atoms with Crippen molar-refractivity contribution in [1.29, 1.82) is 0 Å². The molecule has 0 aromatic carbocycles. The van der Waals surface area contributed by atoms with Gasteiger partial charge in [0.15, 0.2) is 9.76 Å². The van der Waals surface area contributed by atoms with Crippen LogP contribution in [0.1, 0.15) is 53.4 Å². The molecule has 3 heteroatoms. The molecular formula is C12H27NOSi. The summed E-state index contributed by atoms with van der Waals surface area (Å²) in [6, 6.07) is 0.748. The highest BCUT2D eigenvalue weighted by Crippen LogP contribution is 2.23. The van der Waals surface area contributed by atoms with Gasteiger partial charge in [-0.05, 0) is 45.7 Å². The average Bonchev–Trinajstić information content (AvgIpc) is 2.19. The van der Waals surface area contributed by atoms with Gasteiger partial charge in [0.1, 0.15) is 0 Å². The van der Waals surface area contributed by atoms with Crippen LogP contribution < -0.4 is 5.32 Å². The van der Waals surface area contributed by atoms with Crippen LogP contribution in [-0.2, 0) is 4.43 Å². The predicted octanol–water partition coefficient (Wildman–Crippen LogP) is 2.23. The van der Waals surface area contributed by atoms with Gasteiger partial charge in [-0.2, -0.15) is 0 Å². The van der Waals surface area contributed by atoms with Crippen molar-refractivity contribution in [1.82, 2.24) is 5.32 Å². The SMILES string of the molecule is CCC([SiH2]OC(C)(C)C)C1CCCCN1. The number of rotatable bonds is 4. The monoisotopic (exact) mass is 229 g/mol. The van der Waals surface area contributed by atoms with Crippen molar-refractivity contribution in [3.05, 3.63) is 0 Å². The molecule has 1 aliphatic heterocycles. The Kier molecular flexibility index (Phi) is 5.30. The molecule has 15 heavy (non-hydrogen) atoms. The van der Waals surface area contributed by atoms with E-state index in [0.717, 1.165) is 11.6 Å². The summed E-state index contributed by atoms with van der Waals surface area (Å²) in [5.41, 5.74) is 0.887. The second-order valence-electron chi connectivity index (χ2n) is 5.65. The molecule has 1 rings (SSSR count). The van der Waals surface area contributed by atoms with Gasteiger partial charge in [0.2, 0.25) is 0 Å². The molecule has 0 aromatic rings. The zero-order valence-corrected chi connectivity index (χ0v) is 12.2. The van der Waals surface area contributed by atoms with Crippen molar-refractivity contribution < 1.29 is 4.43 Å². The molecule has 0 spiro atoms. The summed E-state index contributed by atoms with van der Waals surface area (Å²) >= 11 is 0. The number of piperidine rings is 1. The third-order valence-corrected chi connectivity index (χ3v) is 5.78. The minimum atomic E-state index is -0.386. The number of nitrogens with one attached hydrogen (secondary N) is 1. The smallest absolute Gasteiger partial charge is 0.166 e. The van der Waals surface area contributed by atoms with Gasteiger partial charge in [0.25, 0.3) is 0 Å². The fourth-order valence-corrected chi connectivity index (χ4v) is 3.74. The second kappa shape index (κ2) is 6.02. The molecule has 90 valence electrons. The fourth-order valence-electron chi connectivity index (χ4n) is 2.16. The second-order valence-corrected chi connectivity index (χ2v) is 7.32. The summed E-state index contributed by atoms with van der Waals surface area (Å²) in [6.45, 7) is 10.0. The summed E-state index contributed by atoms with van der Waals surface area (Å²) < 4.78 is 6.03. The minimum Gasteiger partial charge on any atom is -0.419 e. The molecule has 0 aromatic heterocycles. The Balaban J connectivity index is 2.34. The molecule has 2 atom stereocenters. The Morgan fingerprint density at radius 2 is 2.13 bits per heavy atom. The molecule has 1 saturated heterocycles. The van der Waals surface area contributed by atoms with Gasteiger partial charge in [-0.15, -0.1) is 0 Å². The van der Waals surface area contributed by atoms with Crippen molar-refractivity contribution in [2.75, 3.05) is 6.54 Å². The van der Waals surface area contributed by atoms with E-state index < -0.39 is 0 Å². The molecule has 1 aliphatic rings. The van der Waals surface area contributed by atoms with Gasteiger partial charge >= 0.3 is 0 Å². The van der Waals surface area contributed by atoms with Crippen LogP contribution >= 0.6 is 0 Å². The Labute approximate surface area is 97.1 Å². The standard InChI is InChI=1S/C12H27NOSi/c1-5-11(15-14-12(2,3)4)10-8-6-7-9-13-10/h10-11,13H,5-9,15H2,1-4H3. The van der Waals surface area contributed by atoms with Crippen molar-refractivity contribution >= 4 is 9.76 Å². The largest absolute Gasteiger partial charge is 0.419 e. The van der Waals surface area contributed by atoms with Crippen LogP contribution in [0, 0.1) is 0 Å². The Hall–Kier alpha value is 0.137. The summed E-state index contributed by atoms with van der Waals surface area (Å²) in [7, 11) is -0.386. The summed E-state index contributed by atoms with van der Waals surface area (Å²) in [6.07, 6.45) is 5.39. The number of hydrogen-bond acceptors (Lipinski definition) is 2. The zero-order chi connectivity index (χ0) is 11.3. The molecule has 0 bridgehead atoms. The van der Waals surface area contributed by atoms with Crippen molar-refractivity contribution in [2.45, 2.75) is 70.6 Å². The lowest BCUT2D eigenvalue weighted by atomic mass is 10.0. The fraction of sp³-hybridized carbons (Fsp3) is 1.00. The highest BCUT2D eigenvalue weighted by atomic mass is 28.2. The maximum absolute atomic E-state index is 6.03. The van der Waals surface area contributed by atoms with Crippen molar-refractivity contribution in [3.8, 4) is 0 Å². The maximum Gasteiger partial charge on any atom is 0.166 e. The van der Waals surface area contributed by atoms with E-state index in [1.807, 2.05) is 0 Å². The van der Waals surface area contributed by atoms with Crippen LogP contribution in [0.2, 0.25) is 5.54 Å². The lowest BCUT2D eigenvalue weighted by molar-refractivity contribution is 0.132. The lowest BCUT2D eigenvalue weighted by Crippen LogP contribution is -2.40. The van der Waals surface area contributed by atoms with Crippen LogP contribution in [-0.4, -0.2) is 28.0 Å². The van der Waals surface area contributed by atoms with E-state index in [0.29, 0.717) is 0 Å². The van der Waals surface area contributed by atoms with E-state index >= 15 is 0 Å². The maximum atomic E-state index is 6.03. The van der Waals surface area contributed by atoms with Crippen LogP contribution in [0.5, 0.6) is 0 Å². The van der Waals surface area contributed by atoms with E-state index in [9.17, 15) is 0 Å². The molecule has 0 radical (unpaired) electrons. The molecule has 0 saturated carbocycles. The van der Waals surface area contributed by atoms with Crippen LogP contribution in [0.4, 0.5) is 0 Å². The van der Waals surface area contributed by atoms with E-state index in [-0.39, 0.29) is 15.4 Å². The molecule has 0 amide bonds. The quantitative estimate of drug-likeness (QED) is 0.747. The molecular weight excluding hydrogens is 202 g/mol. The first kappa shape index (κ1) is 13.2. The van der Waals surface area contributed by atoms with Gasteiger partial charge in [-0.1, -0.05) is 19.8 Å². The highest BCUT2D eigenvalue weighted by Gasteiger charge is 2.24. The molecule has 1 heterocycles. The topological polar surface area (TPSA) is 21.3 Å². The van der Waals surface area contributed by atoms with Crippen LogP contribution in [0.15, 0.2) is 0 Å². The minimum absolute atomic E-state index is 0.0638. The first-order valence-corrected chi connectivity index (χ1v) is 7.79. The Bertz CT molecular complexity index is 173. The Morgan fingerprint density at radius 1 is 1.40 bits per heavy atom. The van der Waals surface area contributed by atoms with Crippen LogP contribution in [0.3, 0.4) is 0 Å². The van der Waals surface area contributed by atoms with Gasteiger partial charge in [-0.3, -0.25) is 0 Å². The van der Waals surface area contributed by atoms with Gasteiger partial charge in [-0.25, -0.2) is 0 Å². The van der Waals surface area contributed by atoms with E-state index in [2.05, 4.69) is 33.0 Å². The van der Waals surface area contributed by atoms with Gasteiger partial charge in [0.05, 0.1) is 0 Å². The van der Waals surface area contributed by atoms with Gasteiger partial charge in [0, 0.05) is 11.6 Å². The molecule has 1 N–H and O–H groups in total. The van der Waals surface area contributed by atoms with E-state index in [4.69, 9.17) is 4.43 Å². The molecule has 0 aliphatic carbocycles. The highest BCUT2D eigenvalue weighted by molar-refractivity contribution is 6.30. The zero-order valence-electron chi connectivity index (χ0n) is 10.8. The molecule has 2 nitrogen and oxygen atoms in total. The average molecular weight is 229 g/mol. The third kappa shape index (κ3) is 5.14. The summed E-state index contributed by atoms with van der Waals surface area (Å²) in [5.74, 6) is 0. The lowest BCUT2D eigenvalue weighted by Gasteiger charge is -2.32. The van der Waals surface area contributed by atoms with E-state index in [1.54, 1.807) is 0 Å². The first-order chi connectivity index (χ1) is 7.03. The van der Waals surface area contributed by atoms with Crippen LogP contribution in [0.25, 0.3) is 0 Å². The Morgan fingerprint density at radius 3 is 2.60 bits per heavy atom. The molecule has 2 unspecified atom stereocenters. The van der Waals surface area contributed by atoms with Crippen molar-refractivity contribution in [3.63, 3.8) is 0 Å². The third-order valence-electron chi connectivity index (χ3n) is 3.17. The molecule has 1 fully saturated rings. The summed E-state index contributed by atoms with van der Waals surface area (Å²) in [5, 5.41) is 3.66. The summed E-state index contributed by atoms with van der Waals surface area (Å²) in [4.78, 5) is 0. The normalized spacial score (nSPS) is 26.0. The van der Waals surface area contributed by atoms with E-state index in [1.165, 1.54) is 32.2 Å².